The molecule has 0 N–H and O–H groups in total. The van der Waals surface area contributed by atoms with Gasteiger partial charge in [0.1, 0.15) is 52.9 Å². The summed E-state index contributed by atoms with van der Waals surface area (Å²) in [6.45, 7) is 4.57. The maximum Gasteiger partial charge on any atom is 0.243 e. The lowest BCUT2D eigenvalue weighted by molar-refractivity contribution is -0.107. The number of hydrogen-bond donors (Lipinski definition) is 0. The Labute approximate surface area is 255 Å². The van der Waals surface area contributed by atoms with E-state index in [1.807, 2.05) is 111 Å². The van der Waals surface area contributed by atoms with Gasteiger partial charge in [0, 0.05) is 29.5 Å². The van der Waals surface area contributed by atoms with Crippen LogP contribution in [0.5, 0.6) is 17.2 Å². The molecular formula is C36H31NO5S. The van der Waals surface area contributed by atoms with Gasteiger partial charge in [0.05, 0.1) is 0 Å². The van der Waals surface area contributed by atoms with Gasteiger partial charge >= 0.3 is 0 Å². The fraction of sp³-hybridized carbons (Fsp3) is 0.194. The highest BCUT2D eigenvalue weighted by atomic mass is 32.2. The SMILES string of the molecule is CC(C)(C=C1N=C(c2ccccc2)SC1=O)C1CC(=O)c2c(OCc3ccccc3)cc(OCc3ccccc3)cc2O1. The van der Waals surface area contributed by atoms with Crippen LogP contribution in [0, 0.1) is 5.41 Å². The molecule has 0 aromatic heterocycles. The van der Waals surface area contributed by atoms with Gasteiger partial charge in [-0.2, -0.15) is 0 Å². The van der Waals surface area contributed by atoms with E-state index >= 15 is 0 Å². The van der Waals surface area contributed by atoms with Crippen molar-refractivity contribution in [1.82, 2.24) is 0 Å². The van der Waals surface area contributed by atoms with Crippen molar-refractivity contribution < 1.29 is 23.8 Å². The number of hydrogen-bond acceptors (Lipinski definition) is 7. The number of benzene rings is 4. The molecule has 4 aromatic rings. The van der Waals surface area contributed by atoms with Crippen molar-refractivity contribution in [3.63, 3.8) is 0 Å². The number of ketones is 1. The number of carbonyl (C=O) groups is 2. The van der Waals surface area contributed by atoms with E-state index in [-0.39, 0.29) is 17.3 Å². The molecule has 2 heterocycles. The fourth-order valence-electron chi connectivity index (χ4n) is 5.05. The largest absolute Gasteiger partial charge is 0.489 e. The molecule has 1 atom stereocenters. The summed E-state index contributed by atoms with van der Waals surface area (Å²) >= 11 is 1.12. The Balaban J connectivity index is 1.29. The number of rotatable bonds is 9. The van der Waals surface area contributed by atoms with Crippen molar-refractivity contribution in [2.24, 2.45) is 10.4 Å². The first-order valence-electron chi connectivity index (χ1n) is 14.2. The Kier molecular flexibility index (Phi) is 8.16. The van der Waals surface area contributed by atoms with E-state index < -0.39 is 11.5 Å². The summed E-state index contributed by atoms with van der Waals surface area (Å²) in [5.74, 6) is 1.27. The number of Topliss-reactive ketones (excluding diaryl/α,β-unsaturated/α-hetero) is 1. The maximum atomic E-state index is 13.7. The van der Waals surface area contributed by atoms with E-state index in [0.29, 0.717) is 46.8 Å². The van der Waals surface area contributed by atoms with E-state index in [2.05, 4.69) is 4.99 Å². The molecular weight excluding hydrogens is 558 g/mol. The van der Waals surface area contributed by atoms with Crippen LogP contribution in [0.3, 0.4) is 0 Å². The van der Waals surface area contributed by atoms with Gasteiger partial charge in [-0.05, 0) is 29.0 Å². The van der Waals surface area contributed by atoms with E-state index in [9.17, 15) is 9.59 Å². The molecule has 0 aliphatic carbocycles. The molecule has 7 heteroatoms. The predicted octanol–water partition coefficient (Wildman–Crippen LogP) is 7.81. The molecule has 0 spiro atoms. The smallest absolute Gasteiger partial charge is 0.243 e. The van der Waals surface area contributed by atoms with Crippen molar-refractivity contribution >= 4 is 27.7 Å². The summed E-state index contributed by atoms with van der Waals surface area (Å²) in [7, 11) is 0. The van der Waals surface area contributed by atoms with Crippen LogP contribution >= 0.6 is 11.8 Å². The first-order chi connectivity index (χ1) is 20.9. The van der Waals surface area contributed by atoms with Crippen LogP contribution in [0.15, 0.2) is 120 Å². The Bertz CT molecular complexity index is 1700. The van der Waals surface area contributed by atoms with Gasteiger partial charge in [-0.3, -0.25) is 9.59 Å². The number of carbonyl (C=O) groups excluding carboxylic acids is 2. The van der Waals surface area contributed by atoms with E-state index in [1.165, 1.54) is 0 Å². The van der Waals surface area contributed by atoms with Gasteiger partial charge in [0.15, 0.2) is 5.78 Å². The van der Waals surface area contributed by atoms with Crippen LogP contribution in [0.1, 0.15) is 47.3 Å². The summed E-state index contributed by atoms with van der Waals surface area (Å²) in [6, 6.07) is 32.8. The summed E-state index contributed by atoms with van der Waals surface area (Å²) in [5.41, 5.74) is 2.98. The standard InChI is InChI=1S/C36H31NO5S/c1-36(2,21-28-35(39)43-34(37-28)26-16-10-5-11-17-26)32-20-29(38)33-30(41-23-25-14-8-4-9-15-25)18-27(19-31(33)42-32)40-22-24-12-6-3-7-13-24/h3-19,21,32H,20,22-23H2,1-2H3. The molecule has 43 heavy (non-hydrogen) atoms. The zero-order chi connectivity index (χ0) is 29.8. The molecule has 1 unspecified atom stereocenters. The zero-order valence-electron chi connectivity index (χ0n) is 24.0. The fourth-order valence-corrected chi connectivity index (χ4v) is 5.83. The van der Waals surface area contributed by atoms with Crippen LogP contribution in [-0.4, -0.2) is 22.0 Å². The molecule has 2 aliphatic heterocycles. The van der Waals surface area contributed by atoms with Crippen LogP contribution in [0.25, 0.3) is 0 Å². The minimum Gasteiger partial charge on any atom is -0.489 e. The molecule has 4 aromatic carbocycles. The van der Waals surface area contributed by atoms with E-state index in [4.69, 9.17) is 14.2 Å². The van der Waals surface area contributed by atoms with E-state index in [1.54, 1.807) is 12.1 Å². The van der Waals surface area contributed by atoms with Crippen molar-refractivity contribution in [3.05, 3.63) is 137 Å². The summed E-state index contributed by atoms with van der Waals surface area (Å²) < 4.78 is 18.8. The Morgan fingerprint density at radius 1 is 0.860 bits per heavy atom. The average Bonchev–Trinajstić information content (AvgIpc) is 3.39. The van der Waals surface area contributed by atoms with Crippen LogP contribution < -0.4 is 14.2 Å². The number of nitrogens with zero attached hydrogens (tertiary/aromatic N) is 1. The summed E-state index contributed by atoms with van der Waals surface area (Å²) in [6.07, 6.45) is 1.43. The maximum absolute atomic E-state index is 13.7. The second kappa shape index (κ2) is 12.3. The van der Waals surface area contributed by atoms with Crippen LogP contribution in [0.2, 0.25) is 0 Å². The molecule has 0 saturated carbocycles. The topological polar surface area (TPSA) is 74.2 Å². The third kappa shape index (κ3) is 6.57. The third-order valence-corrected chi connectivity index (χ3v) is 8.34. The molecule has 6 nitrogen and oxygen atoms in total. The summed E-state index contributed by atoms with van der Waals surface area (Å²) in [5, 5.41) is 0.543. The van der Waals surface area contributed by atoms with Crippen molar-refractivity contribution in [3.8, 4) is 17.2 Å². The first-order valence-corrected chi connectivity index (χ1v) is 15.0. The lowest BCUT2D eigenvalue weighted by atomic mass is 9.80. The Morgan fingerprint density at radius 3 is 2.12 bits per heavy atom. The summed E-state index contributed by atoms with van der Waals surface area (Å²) in [4.78, 5) is 31.2. The highest BCUT2D eigenvalue weighted by Gasteiger charge is 2.40. The zero-order valence-corrected chi connectivity index (χ0v) is 24.8. The van der Waals surface area contributed by atoms with Crippen molar-refractivity contribution in [1.29, 1.82) is 0 Å². The van der Waals surface area contributed by atoms with Gasteiger partial charge < -0.3 is 14.2 Å². The molecule has 0 bridgehead atoms. The Hall–Kier alpha value is -4.62. The second-order valence-corrected chi connectivity index (χ2v) is 12.1. The molecule has 6 rings (SSSR count). The minimum atomic E-state index is -0.680. The number of thioether (sulfide) groups is 1. The highest BCUT2D eigenvalue weighted by Crippen LogP contribution is 2.44. The van der Waals surface area contributed by atoms with Crippen molar-refractivity contribution in [2.75, 3.05) is 0 Å². The number of ether oxygens (including phenoxy) is 3. The average molecular weight is 590 g/mol. The van der Waals surface area contributed by atoms with E-state index in [0.717, 1.165) is 28.5 Å². The lowest BCUT2D eigenvalue weighted by Crippen LogP contribution is -2.39. The third-order valence-electron chi connectivity index (χ3n) is 7.42. The quantitative estimate of drug-likeness (QED) is 0.185. The Morgan fingerprint density at radius 2 is 1.47 bits per heavy atom. The predicted molar refractivity (Wildman–Crippen MR) is 169 cm³/mol. The molecule has 2 aliphatic rings. The molecule has 216 valence electrons. The second-order valence-electron chi connectivity index (χ2n) is 11.1. The van der Waals surface area contributed by atoms with Crippen molar-refractivity contribution in [2.45, 2.75) is 39.6 Å². The molecule has 0 radical (unpaired) electrons. The van der Waals surface area contributed by atoms with Gasteiger partial charge in [0.25, 0.3) is 0 Å². The van der Waals surface area contributed by atoms with Gasteiger partial charge in [-0.15, -0.1) is 0 Å². The minimum absolute atomic E-state index is 0.0870. The number of fused-ring (bicyclic) bond motifs is 1. The normalized spacial score (nSPS) is 17.3. The van der Waals surface area contributed by atoms with Gasteiger partial charge in [-0.1, -0.05) is 105 Å². The van der Waals surface area contributed by atoms with Gasteiger partial charge in [0.2, 0.25) is 5.12 Å². The first kappa shape index (κ1) is 28.5. The van der Waals surface area contributed by atoms with Crippen LogP contribution in [-0.2, 0) is 18.0 Å². The monoisotopic (exact) mass is 589 g/mol. The van der Waals surface area contributed by atoms with Crippen LogP contribution in [0.4, 0.5) is 0 Å². The molecule has 0 amide bonds. The van der Waals surface area contributed by atoms with Gasteiger partial charge in [-0.25, -0.2) is 4.99 Å². The molecule has 0 fully saturated rings. The lowest BCUT2D eigenvalue weighted by Gasteiger charge is -2.36. The molecule has 0 saturated heterocycles. The highest BCUT2D eigenvalue weighted by molar-refractivity contribution is 8.27. The number of aliphatic imine (C=N–C) groups is 1.